The molecule has 1 N–H and O–H groups in total. The Morgan fingerprint density at radius 1 is 1.00 bits per heavy atom. The number of benzene rings is 3. The number of nitrogens with one attached hydrogen (secondary N) is 1. The van der Waals surface area contributed by atoms with E-state index in [4.69, 9.17) is 4.74 Å². The standard InChI is InChI=1S/C30H37N3O6S/c1-20(2)32(21(3)4)17-7-8-23-18-25(12-15-28(23)39-6)31-30(34)24-11-16-29(27(19-24)33(35)36)40(37,38)26-13-9-22(5)10-14-26/h9-16,18-21H,7-8,17H2,1-6H3,(H,31,34). The van der Waals surface area contributed by atoms with E-state index in [2.05, 4.69) is 37.9 Å². The maximum absolute atomic E-state index is 13.1. The highest BCUT2D eigenvalue weighted by Gasteiger charge is 2.29. The summed E-state index contributed by atoms with van der Waals surface area (Å²) in [6.45, 7) is 11.4. The molecule has 0 aliphatic carbocycles. The average molecular weight is 568 g/mol. The first-order chi connectivity index (χ1) is 18.8. The second kappa shape index (κ2) is 13.1. The number of hydrogen-bond acceptors (Lipinski definition) is 7. The smallest absolute Gasteiger partial charge is 0.289 e. The molecule has 3 aromatic carbocycles. The Balaban J connectivity index is 1.83. The van der Waals surface area contributed by atoms with Crippen LogP contribution in [0.5, 0.6) is 5.75 Å². The fraction of sp³-hybridized carbons (Fsp3) is 0.367. The van der Waals surface area contributed by atoms with E-state index in [1.807, 2.05) is 13.0 Å². The molecule has 0 heterocycles. The number of ether oxygens (including phenoxy) is 1. The molecule has 0 aliphatic rings. The lowest BCUT2D eigenvalue weighted by atomic mass is 10.1. The van der Waals surface area contributed by atoms with Crippen molar-refractivity contribution >= 4 is 27.1 Å². The van der Waals surface area contributed by atoms with Gasteiger partial charge >= 0.3 is 0 Å². The topological polar surface area (TPSA) is 119 Å². The molecule has 0 bridgehead atoms. The molecule has 0 fully saturated rings. The Morgan fingerprint density at radius 2 is 1.65 bits per heavy atom. The molecular formula is C30H37N3O6S. The Morgan fingerprint density at radius 3 is 2.23 bits per heavy atom. The van der Waals surface area contributed by atoms with Crippen molar-refractivity contribution in [2.45, 2.75) is 69.3 Å². The number of nitrogens with zero attached hydrogens (tertiary/aromatic N) is 2. The van der Waals surface area contributed by atoms with Gasteiger partial charge in [0, 0.05) is 29.4 Å². The van der Waals surface area contributed by atoms with E-state index in [1.54, 1.807) is 31.4 Å². The van der Waals surface area contributed by atoms with Crippen molar-refractivity contribution in [3.8, 4) is 5.75 Å². The maximum Gasteiger partial charge on any atom is 0.289 e. The van der Waals surface area contributed by atoms with Crippen LogP contribution in [0.25, 0.3) is 0 Å². The van der Waals surface area contributed by atoms with Gasteiger partial charge in [-0.05, 0) is 102 Å². The minimum absolute atomic E-state index is 0.0311. The quantitative estimate of drug-likeness (QED) is 0.209. The molecule has 0 atom stereocenters. The van der Waals surface area contributed by atoms with Crippen molar-refractivity contribution in [3.63, 3.8) is 0 Å². The van der Waals surface area contributed by atoms with Gasteiger partial charge in [-0.2, -0.15) is 0 Å². The monoisotopic (exact) mass is 567 g/mol. The molecule has 0 aromatic heterocycles. The normalized spacial score (nSPS) is 11.7. The van der Waals surface area contributed by atoms with Crippen LogP contribution in [0.1, 0.15) is 55.6 Å². The summed E-state index contributed by atoms with van der Waals surface area (Å²) < 4.78 is 31.8. The van der Waals surface area contributed by atoms with Crippen molar-refractivity contribution in [1.29, 1.82) is 0 Å². The number of aryl methyl sites for hydroxylation is 2. The zero-order valence-corrected chi connectivity index (χ0v) is 24.6. The minimum Gasteiger partial charge on any atom is -0.496 e. The minimum atomic E-state index is -4.16. The fourth-order valence-corrected chi connectivity index (χ4v) is 6.10. The first-order valence-electron chi connectivity index (χ1n) is 13.2. The maximum atomic E-state index is 13.1. The summed E-state index contributed by atoms with van der Waals surface area (Å²) in [5, 5.41) is 14.6. The second-order valence-corrected chi connectivity index (χ2v) is 12.2. The first kappa shape index (κ1) is 30.8. The highest BCUT2D eigenvalue weighted by Crippen LogP contribution is 2.31. The molecule has 3 aromatic rings. The van der Waals surface area contributed by atoms with E-state index in [0.29, 0.717) is 23.5 Å². The summed E-state index contributed by atoms with van der Waals surface area (Å²) >= 11 is 0. The predicted molar refractivity (Wildman–Crippen MR) is 156 cm³/mol. The summed E-state index contributed by atoms with van der Waals surface area (Å²) in [6.07, 6.45) is 1.63. The summed E-state index contributed by atoms with van der Waals surface area (Å²) in [5.74, 6) is 0.115. The molecule has 214 valence electrons. The summed E-state index contributed by atoms with van der Waals surface area (Å²) in [4.78, 5) is 26.0. The molecule has 0 saturated heterocycles. The molecular weight excluding hydrogens is 530 g/mol. The van der Waals surface area contributed by atoms with Gasteiger partial charge in [0.05, 0.1) is 16.9 Å². The third-order valence-electron chi connectivity index (χ3n) is 6.77. The average Bonchev–Trinajstić information content (AvgIpc) is 2.90. The second-order valence-electron chi connectivity index (χ2n) is 10.3. The van der Waals surface area contributed by atoms with Gasteiger partial charge in [-0.15, -0.1) is 0 Å². The van der Waals surface area contributed by atoms with E-state index in [9.17, 15) is 23.3 Å². The molecule has 40 heavy (non-hydrogen) atoms. The number of amides is 1. The number of nitro benzene ring substituents is 1. The van der Waals surface area contributed by atoms with Gasteiger partial charge in [-0.25, -0.2) is 8.42 Å². The molecule has 0 unspecified atom stereocenters. The zero-order valence-electron chi connectivity index (χ0n) is 23.8. The van der Waals surface area contributed by atoms with Gasteiger partial charge in [-0.3, -0.25) is 19.8 Å². The van der Waals surface area contributed by atoms with Gasteiger partial charge in [0.15, 0.2) is 0 Å². The van der Waals surface area contributed by atoms with Crippen LogP contribution in [-0.2, 0) is 16.3 Å². The van der Waals surface area contributed by atoms with Crippen LogP contribution in [0.4, 0.5) is 11.4 Å². The van der Waals surface area contributed by atoms with Crippen LogP contribution in [-0.4, -0.2) is 49.9 Å². The lowest BCUT2D eigenvalue weighted by Gasteiger charge is -2.30. The van der Waals surface area contributed by atoms with Crippen molar-refractivity contribution in [1.82, 2.24) is 4.90 Å². The molecule has 9 nitrogen and oxygen atoms in total. The predicted octanol–water partition coefficient (Wildman–Crippen LogP) is 6.05. The van der Waals surface area contributed by atoms with Gasteiger partial charge in [0.25, 0.3) is 11.6 Å². The van der Waals surface area contributed by atoms with E-state index in [0.717, 1.165) is 42.6 Å². The lowest BCUT2D eigenvalue weighted by molar-refractivity contribution is -0.387. The number of nitro groups is 1. The number of methoxy groups -OCH3 is 1. The Bertz CT molecular complexity index is 1460. The van der Waals surface area contributed by atoms with Crippen molar-refractivity contribution in [2.75, 3.05) is 19.0 Å². The Labute approximate surface area is 236 Å². The van der Waals surface area contributed by atoms with E-state index in [-0.39, 0.29) is 10.5 Å². The number of carbonyl (C=O) groups is 1. The third-order valence-corrected chi connectivity index (χ3v) is 8.58. The molecule has 3 rings (SSSR count). The van der Waals surface area contributed by atoms with Crippen LogP contribution >= 0.6 is 0 Å². The largest absolute Gasteiger partial charge is 0.496 e. The summed E-state index contributed by atoms with van der Waals surface area (Å²) in [7, 11) is -2.57. The van der Waals surface area contributed by atoms with Gasteiger partial charge < -0.3 is 10.1 Å². The van der Waals surface area contributed by atoms with E-state index >= 15 is 0 Å². The number of sulfone groups is 1. The molecule has 0 spiro atoms. The highest BCUT2D eigenvalue weighted by atomic mass is 32.2. The molecule has 0 radical (unpaired) electrons. The van der Waals surface area contributed by atoms with E-state index in [1.165, 1.54) is 18.2 Å². The van der Waals surface area contributed by atoms with Gasteiger partial charge in [0.2, 0.25) is 9.84 Å². The van der Waals surface area contributed by atoms with Crippen molar-refractivity contribution in [2.24, 2.45) is 0 Å². The SMILES string of the molecule is COc1ccc(NC(=O)c2ccc(S(=O)(=O)c3ccc(C)cc3)c([N+](=O)[O-])c2)cc1CCCN(C(C)C)C(C)C. The van der Waals surface area contributed by atoms with Crippen LogP contribution in [0, 0.1) is 17.0 Å². The van der Waals surface area contributed by atoms with Crippen LogP contribution in [0.3, 0.4) is 0 Å². The van der Waals surface area contributed by atoms with Gasteiger partial charge in [0.1, 0.15) is 10.6 Å². The zero-order chi connectivity index (χ0) is 29.6. The fourth-order valence-electron chi connectivity index (χ4n) is 4.69. The first-order valence-corrected chi connectivity index (χ1v) is 14.7. The van der Waals surface area contributed by atoms with Crippen molar-refractivity contribution < 1.29 is 22.9 Å². The van der Waals surface area contributed by atoms with Crippen LogP contribution in [0.2, 0.25) is 0 Å². The van der Waals surface area contributed by atoms with E-state index < -0.39 is 31.3 Å². The molecule has 1 amide bonds. The third kappa shape index (κ3) is 7.25. The number of hydrogen-bond donors (Lipinski definition) is 1. The molecule has 0 saturated carbocycles. The van der Waals surface area contributed by atoms with Crippen LogP contribution in [0.15, 0.2) is 70.5 Å². The number of carbonyl (C=O) groups excluding carboxylic acids is 1. The summed E-state index contributed by atoms with van der Waals surface area (Å²) in [5.41, 5.74) is 1.60. The van der Waals surface area contributed by atoms with Gasteiger partial charge in [-0.1, -0.05) is 17.7 Å². The number of anilines is 1. The summed E-state index contributed by atoms with van der Waals surface area (Å²) in [6, 6.07) is 15.6. The van der Waals surface area contributed by atoms with Crippen LogP contribution < -0.4 is 10.1 Å². The Kier molecular flexibility index (Phi) is 10.1. The van der Waals surface area contributed by atoms with Crippen molar-refractivity contribution in [3.05, 3.63) is 87.5 Å². The Hall–Kier alpha value is -3.76. The lowest BCUT2D eigenvalue weighted by Crippen LogP contribution is -2.37. The number of rotatable bonds is 12. The molecule has 0 aliphatic heterocycles. The molecule has 10 heteroatoms. The highest BCUT2D eigenvalue weighted by molar-refractivity contribution is 7.91.